The van der Waals surface area contributed by atoms with Crippen LogP contribution in [0.5, 0.6) is 0 Å². The summed E-state index contributed by atoms with van der Waals surface area (Å²) >= 11 is 8.00. The van der Waals surface area contributed by atoms with Gasteiger partial charge in [0.15, 0.2) is 5.16 Å². The molecule has 0 aliphatic carbocycles. The molecule has 140 valence electrons. The van der Waals surface area contributed by atoms with Crippen LogP contribution in [0.4, 0.5) is 11.5 Å². The molecule has 2 aromatic heterocycles. The maximum atomic E-state index is 12.5. The quantitative estimate of drug-likeness (QED) is 0.446. The van der Waals surface area contributed by atoms with Crippen molar-refractivity contribution in [1.29, 1.82) is 0 Å². The molecule has 2 heterocycles. The van der Waals surface area contributed by atoms with Crippen molar-refractivity contribution in [3.8, 4) is 0 Å². The van der Waals surface area contributed by atoms with Crippen LogP contribution in [-0.2, 0) is 14.6 Å². The van der Waals surface area contributed by atoms with Gasteiger partial charge >= 0.3 is 0 Å². The third kappa shape index (κ3) is 4.78. The number of hydrogen-bond acceptors (Lipinski definition) is 8. The number of amides is 1. The lowest BCUT2D eigenvalue weighted by atomic mass is 10.3. The summed E-state index contributed by atoms with van der Waals surface area (Å²) in [5, 5.41) is 5.08. The fourth-order valence-corrected chi connectivity index (χ4v) is 5.25. The van der Waals surface area contributed by atoms with E-state index in [9.17, 15) is 13.2 Å². The Labute approximate surface area is 168 Å². The van der Waals surface area contributed by atoms with Crippen molar-refractivity contribution in [3.63, 3.8) is 0 Å². The van der Waals surface area contributed by atoms with E-state index in [0.717, 1.165) is 29.3 Å². The normalized spacial score (nSPS) is 11.3. The molecule has 0 saturated heterocycles. The zero-order valence-electron chi connectivity index (χ0n) is 13.6. The summed E-state index contributed by atoms with van der Waals surface area (Å²) in [5.41, 5.74) is 6.38. The van der Waals surface area contributed by atoms with Gasteiger partial charge in [0.25, 0.3) is 0 Å². The molecule has 3 N–H and O–H groups in total. The first kappa shape index (κ1) is 19.6. The number of hydrogen-bond donors (Lipinski definition) is 2. The van der Waals surface area contributed by atoms with E-state index in [1.807, 2.05) is 0 Å². The topological polar surface area (TPSA) is 115 Å². The molecule has 1 amide bonds. The molecule has 7 nitrogen and oxygen atoms in total. The number of carbonyl (C=O) groups is 1. The lowest BCUT2D eigenvalue weighted by Gasteiger charge is -2.07. The number of nitrogens with zero attached hydrogens (tertiary/aromatic N) is 2. The zero-order chi connectivity index (χ0) is 19.4. The van der Waals surface area contributed by atoms with Crippen LogP contribution < -0.4 is 11.1 Å². The van der Waals surface area contributed by atoms with Gasteiger partial charge in [0.1, 0.15) is 14.9 Å². The lowest BCUT2D eigenvalue weighted by molar-refractivity contribution is -0.113. The van der Waals surface area contributed by atoms with Crippen molar-refractivity contribution in [2.24, 2.45) is 0 Å². The first-order valence-electron chi connectivity index (χ1n) is 7.45. The van der Waals surface area contributed by atoms with E-state index in [4.69, 9.17) is 17.3 Å². The molecule has 3 rings (SSSR count). The van der Waals surface area contributed by atoms with Crippen LogP contribution >= 0.6 is 34.7 Å². The third-order valence-electron chi connectivity index (χ3n) is 3.25. The standard InChI is InChI=1S/C16H13ClN4O3S3/c17-10-3-1-4-11(7-10)20-13(22)9-26-16-19-8-12(15(18)21-16)27(23,24)14-5-2-6-25-14/h1-8H,9H2,(H,20,22)(H2,18,19,21). The minimum atomic E-state index is -3.75. The van der Waals surface area contributed by atoms with Crippen LogP contribution in [0.1, 0.15) is 0 Å². The summed E-state index contributed by atoms with van der Waals surface area (Å²) in [5.74, 6) is -0.404. The first-order valence-corrected chi connectivity index (χ1v) is 11.2. The van der Waals surface area contributed by atoms with E-state index < -0.39 is 9.84 Å². The smallest absolute Gasteiger partial charge is 0.234 e. The number of rotatable bonds is 6. The molecule has 0 fully saturated rings. The van der Waals surface area contributed by atoms with Gasteiger partial charge in [0.05, 0.1) is 11.9 Å². The summed E-state index contributed by atoms with van der Waals surface area (Å²) < 4.78 is 25.2. The Hall–Kier alpha value is -2.14. The molecule has 0 aliphatic heterocycles. The van der Waals surface area contributed by atoms with Gasteiger partial charge in [-0.3, -0.25) is 4.79 Å². The Morgan fingerprint density at radius 3 is 2.78 bits per heavy atom. The minimum Gasteiger partial charge on any atom is -0.382 e. The molecule has 0 bridgehead atoms. The van der Waals surface area contributed by atoms with Crippen LogP contribution in [0.2, 0.25) is 5.02 Å². The number of nitrogens with two attached hydrogens (primary N) is 1. The maximum absolute atomic E-state index is 12.5. The van der Waals surface area contributed by atoms with E-state index in [2.05, 4.69) is 15.3 Å². The Morgan fingerprint density at radius 2 is 2.11 bits per heavy atom. The third-order valence-corrected chi connectivity index (χ3v) is 7.52. The number of thioether (sulfide) groups is 1. The molecular formula is C16H13ClN4O3S3. The average molecular weight is 441 g/mol. The molecule has 11 heteroatoms. The Bertz CT molecular complexity index is 1070. The molecule has 0 aliphatic rings. The van der Waals surface area contributed by atoms with Crippen molar-refractivity contribution in [3.05, 3.63) is 53.0 Å². The molecule has 0 saturated carbocycles. The second-order valence-corrected chi connectivity index (χ2v) is 9.66. The number of thiophene rings is 1. The van der Waals surface area contributed by atoms with E-state index in [1.165, 1.54) is 6.07 Å². The van der Waals surface area contributed by atoms with Crippen LogP contribution in [0, 0.1) is 0 Å². The molecular weight excluding hydrogens is 428 g/mol. The molecule has 3 aromatic rings. The molecule has 0 atom stereocenters. The van der Waals surface area contributed by atoms with Crippen LogP contribution in [-0.4, -0.2) is 30.0 Å². The van der Waals surface area contributed by atoms with Gasteiger partial charge in [-0.05, 0) is 29.6 Å². The summed E-state index contributed by atoms with van der Waals surface area (Å²) in [4.78, 5) is 19.9. The number of aromatic nitrogens is 2. The molecule has 0 unspecified atom stereocenters. The number of halogens is 1. The molecule has 0 spiro atoms. The number of benzene rings is 1. The summed E-state index contributed by atoms with van der Waals surface area (Å²) in [6.07, 6.45) is 1.16. The van der Waals surface area contributed by atoms with E-state index >= 15 is 0 Å². The number of anilines is 2. The number of nitrogen functional groups attached to an aromatic ring is 1. The zero-order valence-corrected chi connectivity index (χ0v) is 16.8. The fourth-order valence-electron chi connectivity index (χ4n) is 2.06. The van der Waals surface area contributed by atoms with Crippen LogP contribution in [0.25, 0.3) is 0 Å². The van der Waals surface area contributed by atoms with Gasteiger partial charge in [0, 0.05) is 10.7 Å². The number of sulfone groups is 1. The highest BCUT2D eigenvalue weighted by Gasteiger charge is 2.23. The summed E-state index contributed by atoms with van der Waals surface area (Å²) in [6.45, 7) is 0. The molecule has 0 radical (unpaired) electrons. The Kier molecular flexibility index (Phi) is 6.00. The maximum Gasteiger partial charge on any atom is 0.234 e. The molecule has 1 aromatic carbocycles. The summed E-state index contributed by atoms with van der Waals surface area (Å²) in [7, 11) is -3.75. The number of carbonyl (C=O) groups excluding carboxylic acids is 1. The van der Waals surface area contributed by atoms with Crippen molar-refractivity contribution in [2.45, 2.75) is 14.3 Å². The van der Waals surface area contributed by atoms with Gasteiger partial charge in [-0.2, -0.15) is 0 Å². The second-order valence-electron chi connectivity index (χ2n) is 5.18. The summed E-state index contributed by atoms with van der Waals surface area (Å²) in [6, 6.07) is 9.89. The molecule has 27 heavy (non-hydrogen) atoms. The lowest BCUT2D eigenvalue weighted by Crippen LogP contribution is -2.14. The number of nitrogens with one attached hydrogen (secondary N) is 1. The highest BCUT2D eigenvalue weighted by Crippen LogP contribution is 2.28. The Balaban J connectivity index is 1.67. The largest absolute Gasteiger partial charge is 0.382 e. The van der Waals surface area contributed by atoms with Gasteiger partial charge in [0.2, 0.25) is 15.7 Å². The fraction of sp³-hybridized carbons (Fsp3) is 0.0625. The monoisotopic (exact) mass is 440 g/mol. The van der Waals surface area contributed by atoms with Gasteiger partial charge in [-0.25, -0.2) is 18.4 Å². The van der Waals surface area contributed by atoms with E-state index in [0.29, 0.717) is 10.7 Å². The van der Waals surface area contributed by atoms with Crippen molar-refractivity contribution >= 4 is 61.9 Å². The van der Waals surface area contributed by atoms with Crippen molar-refractivity contribution in [1.82, 2.24) is 9.97 Å². The first-order chi connectivity index (χ1) is 12.9. The van der Waals surface area contributed by atoms with Gasteiger partial charge < -0.3 is 11.1 Å². The predicted octanol–water partition coefficient (Wildman–Crippen LogP) is 3.34. The van der Waals surface area contributed by atoms with Gasteiger partial charge in [-0.1, -0.05) is 35.5 Å². The van der Waals surface area contributed by atoms with Crippen LogP contribution in [0.3, 0.4) is 0 Å². The Morgan fingerprint density at radius 1 is 1.30 bits per heavy atom. The highest BCUT2D eigenvalue weighted by atomic mass is 35.5. The van der Waals surface area contributed by atoms with E-state index in [1.54, 1.807) is 35.7 Å². The SMILES string of the molecule is Nc1nc(SCC(=O)Nc2cccc(Cl)c2)ncc1S(=O)(=O)c1cccs1. The second kappa shape index (κ2) is 8.26. The van der Waals surface area contributed by atoms with Crippen LogP contribution in [0.15, 0.2) is 62.2 Å². The average Bonchev–Trinajstić information content (AvgIpc) is 3.15. The minimum absolute atomic E-state index is 0.0307. The van der Waals surface area contributed by atoms with Gasteiger partial charge in [-0.15, -0.1) is 11.3 Å². The predicted molar refractivity (Wildman–Crippen MR) is 107 cm³/mol. The van der Waals surface area contributed by atoms with Crippen molar-refractivity contribution < 1.29 is 13.2 Å². The highest BCUT2D eigenvalue weighted by molar-refractivity contribution is 7.99. The van der Waals surface area contributed by atoms with E-state index in [-0.39, 0.29) is 31.7 Å². The van der Waals surface area contributed by atoms with Crippen molar-refractivity contribution in [2.75, 3.05) is 16.8 Å².